The number of thiophene rings is 1. The molecule has 0 atom stereocenters. The van der Waals surface area contributed by atoms with Gasteiger partial charge in [-0.1, -0.05) is 0 Å². The minimum atomic E-state index is -0.998. The summed E-state index contributed by atoms with van der Waals surface area (Å²) in [4.78, 5) is 11.8. The van der Waals surface area contributed by atoms with Crippen molar-refractivity contribution in [3.63, 3.8) is 0 Å². The molecule has 0 N–H and O–H groups in total. The smallest absolute Gasteiger partial charge is 0.336 e. The molecule has 0 saturated carbocycles. The van der Waals surface area contributed by atoms with Crippen LogP contribution in [0.5, 0.6) is 11.5 Å². The first-order chi connectivity index (χ1) is 13.5. The first-order valence-electron chi connectivity index (χ1n) is 8.02. The van der Waals surface area contributed by atoms with Gasteiger partial charge in [0.1, 0.15) is 11.5 Å². The zero-order chi connectivity index (χ0) is 19.9. The van der Waals surface area contributed by atoms with Crippen molar-refractivity contribution in [2.45, 2.75) is 0 Å². The molecule has 3 rings (SSSR count). The molecule has 0 bridgehead atoms. The van der Waals surface area contributed by atoms with E-state index in [1.54, 1.807) is 30.3 Å². The number of halogens is 2. The van der Waals surface area contributed by atoms with Crippen LogP contribution in [0.1, 0.15) is 5.56 Å². The number of ether oxygens (including phenoxy) is 2. The van der Waals surface area contributed by atoms with Gasteiger partial charge < -0.3 is 9.47 Å². The third kappa shape index (κ3) is 5.08. The molecule has 0 aliphatic carbocycles. The normalized spacial score (nSPS) is 11.2. The van der Waals surface area contributed by atoms with Gasteiger partial charge in [0, 0.05) is 18.2 Å². The van der Waals surface area contributed by atoms with Crippen molar-refractivity contribution < 1.29 is 23.0 Å². The van der Waals surface area contributed by atoms with Crippen molar-refractivity contribution in [3.05, 3.63) is 76.5 Å². The maximum Gasteiger partial charge on any atom is 0.336 e. The number of hydrogen-bond acceptors (Lipinski definition) is 6. The molecule has 2 aromatic carbocycles. The molecule has 142 valence electrons. The quantitative estimate of drug-likeness (QED) is 0.218. The van der Waals surface area contributed by atoms with E-state index in [4.69, 9.17) is 9.47 Å². The molecule has 1 aromatic heterocycles. The van der Waals surface area contributed by atoms with Crippen molar-refractivity contribution >= 4 is 34.8 Å². The molecule has 5 nitrogen and oxygen atoms in total. The maximum absolute atomic E-state index is 14.2. The highest BCUT2D eigenvalue weighted by atomic mass is 32.1. The summed E-state index contributed by atoms with van der Waals surface area (Å²) in [6.07, 6.45) is 2.72. The van der Waals surface area contributed by atoms with Gasteiger partial charge in [-0.25, -0.2) is 13.6 Å². The molecule has 3 aromatic rings. The number of benzene rings is 2. The molecule has 0 amide bonds. The van der Waals surface area contributed by atoms with Crippen LogP contribution >= 0.6 is 11.3 Å². The minimum Gasteiger partial charge on any atom is -0.497 e. The van der Waals surface area contributed by atoms with E-state index >= 15 is 0 Å². The van der Waals surface area contributed by atoms with Crippen molar-refractivity contribution in [2.24, 2.45) is 10.2 Å². The molecular weight excluding hydrogens is 386 g/mol. The fourth-order valence-electron chi connectivity index (χ4n) is 2.14. The Balaban J connectivity index is 1.71. The molecule has 0 unspecified atom stereocenters. The highest BCUT2D eigenvalue weighted by Gasteiger charge is 2.13. The van der Waals surface area contributed by atoms with E-state index in [1.165, 1.54) is 24.5 Å². The number of methoxy groups -OCH3 is 1. The zero-order valence-corrected chi connectivity index (χ0v) is 15.5. The molecule has 28 heavy (non-hydrogen) atoms. The molecule has 0 aliphatic heterocycles. The van der Waals surface area contributed by atoms with Crippen LogP contribution in [0.2, 0.25) is 0 Å². The molecule has 0 saturated heterocycles. The van der Waals surface area contributed by atoms with Crippen LogP contribution in [-0.4, -0.2) is 13.1 Å². The Morgan fingerprint density at radius 1 is 1.04 bits per heavy atom. The number of azo groups is 1. The Labute approximate surface area is 163 Å². The average molecular weight is 400 g/mol. The lowest BCUT2D eigenvalue weighted by Gasteiger charge is -2.04. The van der Waals surface area contributed by atoms with Gasteiger partial charge in [0.05, 0.1) is 12.8 Å². The Morgan fingerprint density at radius 3 is 2.36 bits per heavy atom. The van der Waals surface area contributed by atoms with Crippen LogP contribution in [0, 0.1) is 11.6 Å². The highest BCUT2D eigenvalue weighted by molar-refractivity contribution is 7.08. The molecule has 0 radical (unpaired) electrons. The number of carbonyl (C=O) groups excluding carboxylic acids is 1. The molecule has 0 aliphatic rings. The fraction of sp³-hybridized carbons (Fsp3) is 0.0500. The van der Waals surface area contributed by atoms with Crippen molar-refractivity contribution in [3.8, 4) is 11.5 Å². The summed E-state index contributed by atoms with van der Waals surface area (Å²) >= 11 is 1.48. The minimum absolute atomic E-state index is 0.265. The summed E-state index contributed by atoms with van der Waals surface area (Å²) in [6, 6.07) is 10.0. The average Bonchev–Trinajstić information content (AvgIpc) is 3.20. The second-order valence-corrected chi connectivity index (χ2v) is 6.22. The Bertz CT molecular complexity index is 993. The summed E-state index contributed by atoms with van der Waals surface area (Å²) in [5.74, 6) is -2.39. The van der Waals surface area contributed by atoms with E-state index in [2.05, 4.69) is 10.2 Å². The van der Waals surface area contributed by atoms with E-state index in [9.17, 15) is 13.6 Å². The van der Waals surface area contributed by atoms with E-state index in [0.29, 0.717) is 11.4 Å². The van der Waals surface area contributed by atoms with Crippen molar-refractivity contribution in [1.29, 1.82) is 0 Å². The molecule has 8 heteroatoms. The van der Waals surface area contributed by atoms with Crippen LogP contribution < -0.4 is 9.47 Å². The number of esters is 1. The first kappa shape index (κ1) is 19.4. The van der Waals surface area contributed by atoms with Crippen molar-refractivity contribution in [2.75, 3.05) is 7.11 Å². The van der Waals surface area contributed by atoms with Gasteiger partial charge in [-0.2, -0.15) is 16.5 Å². The Kier molecular flexibility index (Phi) is 6.23. The zero-order valence-electron chi connectivity index (χ0n) is 14.6. The van der Waals surface area contributed by atoms with E-state index in [-0.39, 0.29) is 5.75 Å². The second kappa shape index (κ2) is 9.01. The predicted molar refractivity (Wildman–Crippen MR) is 103 cm³/mol. The number of nitrogens with zero attached hydrogens (tertiary/aromatic N) is 2. The van der Waals surface area contributed by atoms with Crippen LogP contribution in [-0.2, 0) is 4.79 Å². The topological polar surface area (TPSA) is 60.3 Å². The molecule has 1 heterocycles. The maximum atomic E-state index is 14.2. The number of rotatable bonds is 6. The standard InChI is InChI=1S/C20H14F2N2O3S/c1-26-15-5-3-14(4-6-15)23-24-20-17(21)10-16(11-18(20)22)27-19(25)7-2-13-8-9-28-12-13/h2-12H,1H3/b7-2+,24-23?. The largest absolute Gasteiger partial charge is 0.497 e. The number of carbonyl (C=O) groups is 1. The van der Waals surface area contributed by atoms with E-state index in [0.717, 1.165) is 17.7 Å². The van der Waals surface area contributed by atoms with Gasteiger partial charge in [-0.3, -0.25) is 0 Å². The lowest BCUT2D eigenvalue weighted by molar-refractivity contribution is -0.128. The van der Waals surface area contributed by atoms with E-state index < -0.39 is 23.3 Å². The van der Waals surface area contributed by atoms with Gasteiger partial charge >= 0.3 is 5.97 Å². The van der Waals surface area contributed by atoms with Crippen molar-refractivity contribution in [1.82, 2.24) is 0 Å². The summed E-state index contributed by atoms with van der Waals surface area (Å²) in [7, 11) is 1.52. The van der Waals surface area contributed by atoms with E-state index in [1.807, 2.05) is 16.8 Å². The third-order valence-corrected chi connectivity index (χ3v) is 4.20. The second-order valence-electron chi connectivity index (χ2n) is 5.44. The summed E-state index contributed by atoms with van der Waals surface area (Å²) in [5, 5.41) is 11.1. The third-order valence-electron chi connectivity index (χ3n) is 3.50. The summed E-state index contributed by atoms with van der Waals surface area (Å²) in [5.41, 5.74) is 0.645. The van der Waals surface area contributed by atoms with Gasteiger partial charge in [0.2, 0.25) is 0 Å². The predicted octanol–water partition coefficient (Wildman–Crippen LogP) is 6.07. The van der Waals surface area contributed by atoms with Gasteiger partial charge in [0.15, 0.2) is 17.3 Å². The number of hydrogen-bond donors (Lipinski definition) is 0. The molecular formula is C20H14F2N2O3S. The lowest BCUT2D eigenvalue weighted by Crippen LogP contribution is -2.04. The summed E-state index contributed by atoms with van der Waals surface area (Å²) in [6.45, 7) is 0. The first-order valence-corrected chi connectivity index (χ1v) is 8.96. The van der Waals surface area contributed by atoms with Gasteiger partial charge in [-0.05, 0) is 52.7 Å². The molecule has 0 spiro atoms. The van der Waals surface area contributed by atoms with Crippen LogP contribution in [0.15, 0.2) is 69.5 Å². The Morgan fingerprint density at radius 2 is 1.75 bits per heavy atom. The highest BCUT2D eigenvalue weighted by Crippen LogP contribution is 2.29. The monoisotopic (exact) mass is 400 g/mol. The van der Waals surface area contributed by atoms with Gasteiger partial charge in [-0.15, -0.1) is 5.11 Å². The van der Waals surface area contributed by atoms with Crippen LogP contribution in [0.3, 0.4) is 0 Å². The Hall–Kier alpha value is -3.39. The van der Waals surface area contributed by atoms with Crippen LogP contribution in [0.4, 0.5) is 20.2 Å². The molecule has 0 fully saturated rings. The lowest BCUT2D eigenvalue weighted by atomic mass is 10.2. The van der Waals surface area contributed by atoms with Crippen LogP contribution in [0.25, 0.3) is 6.08 Å². The SMILES string of the molecule is COc1ccc(N=Nc2c(F)cc(OC(=O)/C=C/c3ccsc3)cc2F)cc1. The fourth-order valence-corrected chi connectivity index (χ4v) is 2.77. The summed E-state index contributed by atoms with van der Waals surface area (Å²) < 4.78 is 38.3. The van der Waals surface area contributed by atoms with Gasteiger partial charge in [0.25, 0.3) is 0 Å².